The Bertz CT molecular complexity index is 3130. The summed E-state index contributed by atoms with van der Waals surface area (Å²) in [5.41, 5.74) is 6.93. The average molecular weight is 975 g/mol. The van der Waals surface area contributed by atoms with Crippen LogP contribution >= 0.6 is 34.5 Å². The van der Waals surface area contributed by atoms with Crippen molar-refractivity contribution >= 4 is 80.6 Å². The van der Waals surface area contributed by atoms with Gasteiger partial charge in [0.05, 0.1) is 28.2 Å². The fraction of sp³-hybridized carbons (Fsp3) is 0.333. The first-order valence-electron chi connectivity index (χ1n) is 23.0. The summed E-state index contributed by atoms with van der Waals surface area (Å²) in [5.74, 6) is -0.235. The van der Waals surface area contributed by atoms with E-state index in [0.717, 1.165) is 52.9 Å². The van der Waals surface area contributed by atoms with Crippen LogP contribution in [0.15, 0.2) is 100 Å². The highest BCUT2D eigenvalue weighted by atomic mass is 35.5. The molecule has 0 saturated carbocycles. The smallest absolute Gasteiger partial charge is 0.295 e. The molecular weight excluding hydrogens is 925 g/mol. The van der Waals surface area contributed by atoms with E-state index in [1.54, 1.807) is 48.5 Å². The molecule has 2 fully saturated rings. The molecule has 6 heterocycles. The fourth-order valence-corrected chi connectivity index (χ4v) is 11.1. The molecule has 17 heteroatoms. The first kappa shape index (κ1) is 45.5. The molecule has 2 saturated heterocycles. The van der Waals surface area contributed by atoms with Crippen molar-refractivity contribution in [2.75, 3.05) is 36.8 Å². The first-order valence-corrected chi connectivity index (χ1v) is 24.6. The summed E-state index contributed by atoms with van der Waals surface area (Å²) in [5, 5.41) is 13.5. The molecule has 2 amide bonds. The Hall–Kier alpha value is -6.29. The van der Waals surface area contributed by atoms with Gasteiger partial charge in [0.15, 0.2) is 11.2 Å². The number of likely N-dealkylation sites (tertiary alicyclic amines) is 2. The number of rotatable bonds is 13. The lowest BCUT2D eigenvalue weighted by molar-refractivity contribution is 0.0494. The number of aromatic nitrogens is 5. The fourth-order valence-electron chi connectivity index (χ4n) is 9.82. The van der Waals surface area contributed by atoms with Gasteiger partial charge in [0.2, 0.25) is 0 Å². The van der Waals surface area contributed by atoms with Gasteiger partial charge in [0.1, 0.15) is 22.5 Å². The molecule has 350 valence electrons. The Morgan fingerprint density at radius 3 is 2.12 bits per heavy atom. The van der Waals surface area contributed by atoms with E-state index in [1.807, 2.05) is 58.9 Å². The number of piperidine rings is 2. The van der Waals surface area contributed by atoms with Crippen LogP contribution in [0.4, 0.5) is 16.4 Å². The SMILES string of the molecule is Cc1ccc(-c2cnn(CCC3CCCN(C(=O)c4nc(C)sc4-c4ccc(F)cc4)C3CNc3nc4cc(Cl)ccc4o3)c2)c(C(=O)N2CCCC(C)C2CNc2nc3cc(Cl)ccc3o2)c1. The number of aryl methyl sites for hydroxylation is 3. The van der Waals surface area contributed by atoms with E-state index in [2.05, 4.69) is 27.5 Å². The normalized spacial score (nSPS) is 18.7. The van der Waals surface area contributed by atoms with E-state index < -0.39 is 0 Å². The molecule has 68 heavy (non-hydrogen) atoms. The van der Waals surface area contributed by atoms with Crippen LogP contribution in [0.2, 0.25) is 10.0 Å². The Morgan fingerprint density at radius 2 is 1.43 bits per heavy atom. The van der Waals surface area contributed by atoms with Crippen LogP contribution in [0, 0.1) is 31.5 Å². The van der Waals surface area contributed by atoms with Crippen molar-refractivity contribution in [1.82, 2.24) is 34.5 Å². The molecule has 4 aromatic carbocycles. The quantitative estimate of drug-likeness (QED) is 0.114. The lowest BCUT2D eigenvalue weighted by atomic mass is 9.86. The molecule has 8 aromatic rings. The van der Waals surface area contributed by atoms with Crippen molar-refractivity contribution < 1.29 is 22.8 Å². The van der Waals surface area contributed by atoms with Gasteiger partial charge in [-0.05, 0) is 124 Å². The minimum atomic E-state index is -0.346. The van der Waals surface area contributed by atoms with Crippen LogP contribution < -0.4 is 10.6 Å². The van der Waals surface area contributed by atoms with E-state index in [0.29, 0.717) is 99.6 Å². The van der Waals surface area contributed by atoms with Gasteiger partial charge in [-0.25, -0.2) is 9.37 Å². The number of hydrogen-bond donors (Lipinski definition) is 2. The minimum Gasteiger partial charge on any atom is -0.424 e. The van der Waals surface area contributed by atoms with Crippen LogP contribution in [-0.2, 0) is 6.54 Å². The number of amides is 2. The maximum Gasteiger partial charge on any atom is 0.295 e. The minimum absolute atomic E-state index is 0.0265. The highest BCUT2D eigenvalue weighted by Gasteiger charge is 2.38. The second-order valence-corrected chi connectivity index (χ2v) is 20.0. The number of oxazole rings is 2. The zero-order valence-electron chi connectivity index (χ0n) is 37.8. The highest BCUT2D eigenvalue weighted by Crippen LogP contribution is 2.36. The van der Waals surface area contributed by atoms with Gasteiger partial charge < -0.3 is 29.3 Å². The number of carbonyl (C=O) groups is 2. The third-order valence-electron chi connectivity index (χ3n) is 13.3. The van der Waals surface area contributed by atoms with Crippen LogP contribution in [0.25, 0.3) is 43.8 Å². The van der Waals surface area contributed by atoms with E-state index in [9.17, 15) is 14.0 Å². The molecule has 4 unspecified atom stereocenters. The first-order chi connectivity index (χ1) is 32.9. The van der Waals surface area contributed by atoms with E-state index >= 15 is 0 Å². The average Bonchev–Trinajstić information content (AvgIpc) is 4.15. The standard InChI is InChI=1S/C51H50Cl2FN9O4S/c1-29-8-15-38(39(22-29)48(64)62-19-4-6-30(2)42(62)26-55-50-59-40-23-35(52)11-16-44(40)66-50)34-25-57-61(28-34)21-18-32-7-5-20-63(43(32)27-56-51-60-41-24-36(53)12-17-45(41)67-51)49(65)46-47(68-31(3)58-46)33-9-13-37(54)14-10-33/h8-17,22-25,28,30,32,42-43H,4-7,18-21,26-27H2,1-3H3,(H,55,59)(H,56,60). The van der Waals surface area contributed by atoms with Crippen molar-refractivity contribution in [3.63, 3.8) is 0 Å². The van der Waals surface area contributed by atoms with Crippen molar-refractivity contribution in [1.29, 1.82) is 0 Å². The molecule has 2 aliphatic heterocycles. The van der Waals surface area contributed by atoms with Gasteiger partial charge in [-0.15, -0.1) is 11.3 Å². The molecule has 10 rings (SSSR count). The predicted molar refractivity (Wildman–Crippen MR) is 265 cm³/mol. The monoisotopic (exact) mass is 973 g/mol. The van der Waals surface area contributed by atoms with Gasteiger partial charge in [0, 0.05) is 60.1 Å². The summed E-state index contributed by atoms with van der Waals surface area (Å²) >= 11 is 13.9. The van der Waals surface area contributed by atoms with Gasteiger partial charge in [0.25, 0.3) is 23.8 Å². The van der Waals surface area contributed by atoms with Crippen LogP contribution in [-0.4, -0.2) is 84.6 Å². The summed E-state index contributed by atoms with van der Waals surface area (Å²) in [4.78, 5) is 48.0. The summed E-state index contributed by atoms with van der Waals surface area (Å²) in [6.45, 7) is 8.69. The lowest BCUT2D eigenvalue weighted by Crippen LogP contribution is -2.52. The Balaban J connectivity index is 0.878. The van der Waals surface area contributed by atoms with E-state index in [1.165, 1.54) is 23.5 Å². The lowest BCUT2D eigenvalue weighted by Gasteiger charge is -2.41. The van der Waals surface area contributed by atoms with Crippen molar-refractivity contribution in [3.05, 3.63) is 129 Å². The topological polar surface area (TPSA) is 147 Å². The van der Waals surface area contributed by atoms with Gasteiger partial charge in [-0.2, -0.15) is 15.1 Å². The van der Waals surface area contributed by atoms with Crippen molar-refractivity contribution in [2.45, 2.75) is 71.5 Å². The molecular formula is C51H50Cl2FN9O4S. The Labute approximate surface area is 406 Å². The number of nitrogens with one attached hydrogen (secondary N) is 2. The summed E-state index contributed by atoms with van der Waals surface area (Å²) < 4.78 is 27.9. The third kappa shape index (κ3) is 9.56. The largest absolute Gasteiger partial charge is 0.424 e. The van der Waals surface area contributed by atoms with Crippen LogP contribution in [0.3, 0.4) is 0 Å². The maximum absolute atomic E-state index is 14.7. The molecule has 4 aromatic heterocycles. The zero-order chi connectivity index (χ0) is 47.1. The molecule has 0 bridgehead atoms. The number of halogens is 3. The molecule has 0 aliphatic carbocycles. The number of thiazole rings is 1. The molecule has 13 nitrogen and oxygen atoms in total. The van der Waals surface area contributed by atoms with Crippen LogP contribution in [0.1, 0.15) is 70.4 Å². The maximum atomic E-state index is 14.7. The number of hydrogen-bond acceptors (Lipinski definition) is 11. The van der Waals surface area contributed by atoms with Gasteiger partial charge in [-0.3, -0.25) is 14.3 Å². The number of carbonyl (C=O) groups excluding carboxylic acids is 2. The summed E-state index contributed by atoms with van der Waals surface area (Å²) in [6, 6.07) is 23.2. The third-order valence-corrected chi connectivity index (χ3v) is 14.8. The number of fused-ring (bicyclic) bond motifs is 2. The molecule has 4 atom stereocenters. The van der Waals surface area contributed by atoms with Crippen molar-refractivity contribution in [3.8, 4) is 21.6 Å². The van der Waals surface area contributed by atoms with Gasteiger partial charge in [-0.1, -0.05) is 60.0 Å². The van der Waals surface area contributed by atoms with Crippen molar-refractivity contribution in [2.24, 2.45) is 11.8 Å². The predicted octanol–water partition coefficient (Wildman–Crippen LogP) is 11.8. The molecule has 0 spiro atoms. The molecule has 2 aliphatic rings. The summed E-state index contributed by atoms with van der Waals surface area (Å²) in [6.07, 6.45) is 8.16. The van der Waals surface area contributed by atoms with Crippen LogP contribution in [0.5, 0.6) is 0 Å². The second-order valence-electron chi connectivity index (χ2n) is 17.9. The van der Waals surface area contributed by atoms with Gasteiger partial charge >= 0.3 is 0 Å². The Kier molecular flexibility index (Phi) is 13.0. The highest BCUT2D eigenvalue weighted by molar-refractivity contribution is 7.15. The van der Waals surface area contributed by atoms with E-state index in [-0.39, 0.29) is 41.6 Å². The molecule has 0 radical (unpaired) electrons. The van der Waals surface area contributed by atoms with E-state index in [4.69, 9.17) is 42.1 Å². The summed E-state index contributed by atoms with van der Waals surface area (Å²) in [7, 11) is 0. The number of benzene rings is 4. The number of anilines is 2. The second kappa shape index (κ2) is 19.4. The zero-order valence-corrected chi connectivity index (χ0v) is 40.2. The number of nitrogens with zero attached hydrogens (tertiary/aromatic N) is 7. The Morgan fingerprint density at radius 1 is 0.779 bits per heavy atom. The molecule has 2 N–H and O–H groups in total.